The molecule has 4 aliphatic carbocycles. The summed E-state index contributed by atoms with van der Waals surface area (Å²) in [5.41, 5.74) is -1.48. The first-order chi connectivity index (χ1) is 11.6. The average molecular weight is 367 g/mol. The van der Waals surface area contributed by atoms with E-state index in [1.807, 2.05) is 13.8 Å². The molecule has 25 heavy (non-hydrogen) atoms. The van der Waals surface area contributed by atoms with E-state index in [1.165, 1.54) is 6.42 Å². The summed E-state index contributed by atoms with van der Waals surface area (Å²) in [4.78, 5) is 24.7. The van der Waals surface area contributed by atoms with Crippen molar-refractivity contribution in [1.82, 2.24) is 5.32 Å². The Balaban J connectivity index is 1.60. The van der Waals surface area contributed by atoms with Crippen LogP contribution in [-0.4, -0.2) is 28.9 Å². The Labute approximate surface area is 154 Å². The van der Waals surface area contributed by atoms with E-state index in [0.717, 1.165) is 25.7 Å². The molecule has 5 atom stereocenters. The van der Waals surface area contributed by atoms with Crippen molar-refractivity contribution >= 4 is 23.5 Å². The predicted octanol–water partition coefficient (Wildman–Crippen LogP) is 3.16. The number of nitrogens with zero attached hydrogens (tertiary/aromatic N) is 1. The van der Waals surface area contributed by atoms with Crippen molar-refractivity contribution in [2.45, 2.75) is 69.7 Å². The third-order valence-electron chi connectivity index (χ3n) is 6.54. The van der Waals surface area contributed by atoms with Gasteiger partial charge in [0.2, 0.25) is 0 Å². The fourth-order valence-corrected chi connectivity index (χ4v) is 5.99. The van der Waals surface area contributed by atoms with Crippen molar-refractivity contribution < 1.29 is 14.3 Å². The number of nitrogens with one attached hydrogen (secondary N) is 1. The molecule has 0 aromatic heterocycles. The molecule has 0 spiro atoms. The fourth-order valence-electron chi connectivity index (χ4n) is 5.30. The standard InChI is InChI=1S/C19H27ClN2O3/c1-12(2)17(3,11-21)22-15(23)9-25-16(24)18-5-13-4-14(6-18)8-19(20,7-13)10-18/h12-14H,4-10H2,1-3H3,(H,22,23)/t13-,14+,17-,18?,19?/m0/s1. The third kappa shape index (κ3) is 3.38. The van der Waals surface area contributed by atoms with Crippen LogP contribution in [0.5, 0.6) is 0 Å². The quantitative estimate of drug-likeness (QED) is 0.598. The van der Waals surface area contributed by atoms with E-state index in [2.05, 4.69) is 11.4 Å². The zero-order valence-electron chi connectivity index (χ0n) is 15.2. The van der Waals surface area contributed by atoms with E-state index >= 15 is 0 Å². The van der Waals surface area contributed by atoms with Crippen LogP contribution in [0.25, 0.3) is 0 Å². The minimum absolute atomic E-state index is 0.0450. The van der Waals surface area contributed by atoms with Gasteiger partial charge in [0.1, 0.15) is 5.54 Å². The van der Waals surface area contributed by atoms with E-state index in [0.29, 0.717) is 18.3 Å². The molecule has 0 aromatic carbocycles. The molecule has 4 aliphatic rings. The number of esters is 1. The number of halogens is 1. The highest BCUT2D eigenvalue weighted by Gasteiger charge is 2.60. The number of hydrogen-bond acceptors (Lipinski definition) is 4. The molecular weight excluding hydrogens is 340 g/mol. The number of alkyl halides is 1. The van der Waals surface area contributed by atoms with E-state index in [1.54, 1.807) is 6.92 Å². The largest absolute Gasteiger partial charge is 0.455 e. The van der Waals surface area contributed by atoms with Gasteiger partial charge in [-0.2, -0.15) is 5.26 Å². The number of nitriles is 1. The average Bonchev–Trinajstić information content (AvgIpc) is 2.49. The second-order valence-electron chi connectivity index (χ2n) is 8.99. The molecule has 1 N–H and O–H groups in total. The normalized spacial score (nSPS) is 38.1. The summed E-state index contributed by atoms with van der Waals surface area (Å²) in [6.45, 7) is 5.07. The Kier molecular flexibility index (Phi) is 4.56. The molecule has 0 saturated heterocycles. The number of carbonyl (C=O) groups is 2. The lowest BCUT2D eigenvalue weighted by Gasteiger charge is -2.58. The van der Waals surface area contributed by atoms with Crippen LogP contribution in [0.15, 0.2) is 0 Å². The van der Waals surface area contributed by atoms with Gasteiger partial charge in [0, 0.05) is 4.87 Å². The second kappa shape index (κ2) is 6.16. The van der Waals surface area contributed by atoms with Crippen LogP contribution in [0, 0.1) is 34.5 Å². The minimum Gasteiger partial charge on any atom is -0.455 e. The predicted molar refractivity (Wildman–Crippen MR) is 93.7 cm³/mol. The molecule has 4 fully saturated rings. The first kappa shape index (κ1) is 18.5. The highest BCUT2D eigenvalue weighted by atomic mass is 35.5. The van der Waals surface area contributed by atoms with Crippen LogP contribution in [-0.2, 0) is 14.3 Å². The lowest BCUT2D eigenvalue weighted by atomic mass is 9.49. The second-order valence-corrected chi connectivity index (χ2v) is 9.79. The molecule has 138 valence electrons. The summed E-state index contributed by atoms with van der Waals surface area (Å²) in [6, 6.07) is 2.12. The highest BCUT2D eigenvalue weighted by Crippen LogP contribution is 2.64. The molecule has 2 unspecified atom stereocenters. The van der Waals surface area contributed by atoms with E-state index < -0.39 is 16.9 Å². The first-order valence-corrected chi connectivity index (χ1v) is 9.56. The summed E-state index contributed by atoms with van der Waals surface area (Å²) >= 11 is 6.74. The molecular formula is C19H27ClN2O3. The van der Waals surface area contributed by atoms with Crippen molar-refractivity contribution in [3.8, 4) is 6.07 Å². The maximum absolute atomic E-state index is 12.8. The third-order valence-corrected chi connectivity index (χ3v) is 6.99. The topological polar surface area (TPSA) is 79.2 Å². The van der Waals surface area contributed by atoms with Gasteiger partial charge in [0.15, 0.2) is 6.61 Å². The smallest absolute Gasteiger partial charge is 0.312 e. The van der Waals surface area contributed by atoms with Crippen molar-refractivity contribution in [1.29, 1.82) is 5.26 Å². The monoisotopic (exact) mass is 366 g/mol. The lowest BCUT2D eigenvalue weighted by molar-refractivity contribution is -0.172. The van der Waals surface area contributed by atoms with Crippen molar-refractivity contribution in [3.63, 3.8) is 0 Å². The Hall–Kier alpha value is -1.28. The Morgan fingerprint density at radius 3 is 2.40 bits per heavy atom. The van der Waals surface area contributed by atoms with Crippen LogP contribution in [0.2, 0.25) is 0 Å². The van der Waals surface area contributed by atoms with E-state index in [4.69, 9.17) is 16.3 Å². The minimum atomic E-state index is -0.968. The molecule has 4 saturated carbocycles. The van der Waals surface area contributed by atoms with Crippen molar-refractivity contribution in [2.24, 2.45) is 23.2 Å². The van der Waals surface area contributed by atoms with Gasteiger partial charge >= 0.3 is 5.97 Å². The van der Waals surface area contributed by atoms with Crippen LogP contribution in [0.4, 0.5) is 0 Å². The Morgan fingerprint density at radius 2 is 1.92 bits per heavy atom. The fraction of sp³-hybridized carbons (Fsp3) is 0.842. The van der Waals surface area contributed by atoms with Crippen LogP contribution in [0.1, 0.15) is 59.3 Å². The molecule has 0 aliphatic heterocycles. The van der Waals surface area contributed by atoms with Gasteiger partial charge in [-0.1, -0.05) is 13.8 Å². The van der Waals surface area contributed by atoms with Crippen molar-refractivity contribution in [3.05, 3.63) is 0 Å². The van der Waals surface area contributed by atoms with Gasteiger partial charge in [-0.3, -0.25) is 9.59 Å². The number of hydrogen-bond donors (Lipinski definition) is 1. The van der Waals surface area contributed by atoms with Gasteiger partial charge in [-0.05, 0) is 63.2 Å². The Morgan fingerprint density at radius 1 is 1.32 bits per heavy atom. The van der Waals surface area contributed by atoms with Gasteiger partial charge in [0.25, 0.3) is 5.91 Å². The molecule has 0 aromatic rings. The summed E-state index contributed by atoms with van der Waals surface area (Å²) in [6.07, 6.45) is 5.49. The summed E-state index contributed by atoms with van der Waals surface area (Å²) in [5.74, 6) is 0.240. The number of rotatable bonds is 5. The maximum Gasteiger partial charge on any atom is 0.312 e. The molecule has 0 radical (unpaired) electrons. The summed E-state index contributed by atoms with van der Waals surface area (Å²) < 4.78 is 5.38. The van der Waals surface area contributed by atoms with Gasteiger partial charge in [-0.15, -0.1) is 11.6 Å². The molecule has 6 heteroatoms. The van der Waals surface area contributed by atoms with Crippen molar-refractivity contribution in [2.75, 3.05) is 6.61 Å². The molecule has 4 bridgehead atoms. The lowest BCUT2D eigenvalue weighted by Crippen LogP contribution is -2.57. The molecule has 1 amide bonds. The van der Waals surface area contributed by atoms with Crippen LogP contribution >= 0.6 is 11.6 Å². The van der Waals surface area contributed by atoms with E-state index in [9.17, 15) is 14.9 Å². The molecule has 5 nitrogen and oxygen atoms in total. The Bertz CT molecular complexity index is 613. The number of carbonyl (C=O) groups excluding carboxylic acids is 2. The summed E-state index contributed by atoms with van der Waals surface area (Å²) in [5, 5.41) is 12.0. The van der Waals surface area contributed by atoms with Gasteiger partial charge in [-0.25, -0.2) is 0 Å². The van der Waals surface area contributed by atoms with Gasteiger partial charge < -0.3 is 10.1 Å². The molecule has 0 heterocycles. The molecule has 4 rings (SSSR count). The maximum atomic E-state index is 12.8. The highest BCUT2D eigenvalue weighted by molar-refractivity contribution is 6.24. The number of amides is 1. The number of ether oxygens (including phenoxy) is 1. The van der Waals surface area contributed by atoms with Gasteiger partial charge in [0.05, 0.1) is 11.5 Å². The summed E-state index contributed by atoms with van der Waals surface area (Å²) in [7, 11) is 0. The SMILES string of the molecule is CC(C)[C@](C)(C#N)NC(=O)COC(=O)C12C[C@@H]3C[C@@H](CC(Cl)(C3)C1)C2. The van der Waals surface area contributed by atoms with Crippen LogP contribution < -0.4 is 5.32 Å². The van der Waals surface area contributed by atoms with Crippen LogP contribution in [0.3, 0.4) is 0 Å². The first-order valence-electron chi connectivity index (χ1n) is 9.18. The zero-order chi connectivity index (χ0) is 18.5. The zero-order valence-corrected chi connectivity index (χ0v) is 16.0. The van der Waals surface area contributed by atoms with E-state index in [-0.39, 0.29) is 23.4 Å².